The molecule has 0 saturated heterocycles. The van der Waals surface area contributed by atoms with Gasteiger partial charge < -0.3 is 5.73 Å². The summed E-state index contributed by atoms with van der Waals surface area (Å²) < 4.78 is 0. The quantitative estimate of drug-likeness (QED) is 0.589. The Morgan fingerprint density at radius 1 is 1.17 bits per heavy atom. The molecule has 1 nitrogen and oxygen atoms in total. The first kappa shape index (κ1) is 8.55. The summed E-state index contributed by atoms with van der Waals surface area (Å²) in [4.78, 5) is 0. The summed E-state index contributed by atoms with van der Waals surface area (Å²) in [6.45, 7) is 7.18. The zero-order chi connectivity index (χ0) is 8.98. The topological polar surface area (TPSA) is 26.0 Å². The fourth-order valence-electron chi connectivity index (χ4n) is 3.62. The van der Waals surface area contributed by atoms with Gasteiger partial charge in [-0.2, -0.15) is 0 Å². The van der Waals surface area contributed by atoms with Crippen molar-refractivity contribution in [2.75, 3.05) is 0 Å². The highest BCUT2D eigenvalue weighted by atomic mass is 14.8. The van der Waals surface area contributed by atoms with E-state index in [4.69, 9.17) is 5.73 Å². The first-order valence-corrected chi connectivity index (χ1v) is 5.19. The van der Waals surface area contributed by atoms with Crippen molar-refractivity contribution in [3.8, 4) is 0 Å². The van der Waals surface area contributed by atoms with E-state index in [1.807, 2.05) is 0 Å². The van der Waals surface area contributed by atoms with Crippen LogP contribution in [-0.4, -0.2) is 6.04 Å². The maximum atomic E-state index is 6.02. The maximum Gasteiger partial charge on any atom is 0.0102 e. The van der Waals surface area contributed by atoms with Crippen molar-refractivity contribution < 1.29 is 0 Å². The number of rotatable bonds is 0. The van der Waals surface area contributed by atoms with E-state index in [-0.39, 0.29) is 0 Å². The minimum atomic E-state index is 0.527. The molecular formula is C11H21N. The molecule has 1 spiro atoms. The van der Waals surface area contributed by atoms with Crippen molar-refractivity contribution in [2.45, 2.75) is 52.5 Å². The van der Waals surface area contributed by atoms with Crippen molar-refractivity contribution in [2.24, 2.45) is 22.5 Å². The molecule has 70 valence electrons. The molecule has 3 atom stereocenters. The fourth-order valence-corrected chi connectivity index (χ4v) is 3.62. The van der Waals surface area contributed by atoms with E-state index in [2.05, 4.69) is 20.8 Å². The van der Waals surface area contributed by atoms with E-state index in [1.54, 1.807) is 0 Å². The third-order valence-electron chi connectivity index (χ3n) is 3.74. The van der Waals surface area contributed by atoms with E-state index in [0.717, 1.165) is 5.92 Å². The van der Waals surface area contributed by atoms with Gasteiger partial charge in [-0.25, -0.2) is 0 Å². The van der Waals surface area contributed by atoms with Crippen molar-refractivity contribution in [3.05, 3.63) is 0 Å². The first-order chi connectivity index (χ1) is 5.44. The van der Waals surface area contributed by atoms with E-state index in [9.17, 15) is 0 Å². The van der Waals surface area contributed by atoms with E-state index >= 15 is 0 Å². The zero-order valence-corrected chi connectivity index (χ0v) is 8.56. The highest BCUT2D eigenvalue weighted by Crippen LogP contribution is 2.61. The second-order valence-corrected chi connectivity index (χ2v) is 6.03. The Hall–Kier alpha value is -0.0400. The van der Waals surface area contributed by atoms with Gasteiger partial charge in [0.15, 0.2) is 0 Å². The number of nitrogens with two attached hydrogens (primary N) is 1. The summed E-state index contributed by atoms with van der Waals surface area (Å²) in [5.41, 5.74) is 7.13. The van der Waals surface area contributed by atoms with Crippen LogP contribution in [0.4, 0.5) is 0 Å². The van der Waals surface area contributed by atoms with Gasteiger partial charge in [-0.1, -0.05) is 20.8 Å². The van der Waals surface area contributed by atoms with E-state index in [0.29, 0.717) is 16.9 Å². The predicted molar refractivity (Wildman–Crippen MR) is 51.8 cm³/mol. The average Bonchev–Trinajstić information content (AvgIpc) is 2.33. The van der Waals surface area contributed by atoms with Gasteiger partial charge in [-0.3, -0.25) is 0 Å². The number of hydrogen-bond donors (Lipinski definition) is 1. The van der Waals surface area contributed by atoms with Gasteiger partial charge in [-0.15, -0.1) is 0 Å². The molecule has 2 rings (SSSR count). The third-order valence-corrected chi connectivity index (χ3v) is 3.74. The summed E-state index contributed by atoms with van der Waals surface area (Å²) in [6, 6.07) is 0.527. The lowest BCUT2D eigenvalue weighted by atomic mass is 9.66. The van der Waals surface area contributed by atoms with Gasteiger partial charge >= 0.3 is 0 Å². The Bertz CT molecular complexity index is 197. The summed E-state index contributed by atoms with van der Waals surface area (Å²) in [5.74, 6) is 0.891. The van der Waals surface area contributed by atoms with Gasteiger partial charge in [0.25, 0.3) is 0 Å². The molecule has 0 aliphatic heterocycles. The van der Waals surface area contributed by atoms with Gasteiger partial charge in [0, 0.05) is 6.04 Å². The molecule has 0 aromatic carbocycles. The lowest BCUT2D eigenvalue weighted by Gasteiger charge is -2.39. The molecule has 2 aliphatic carbocycles. The Kier molecular flexibility index (Phi) is 1.61. The summed E-state index contributed by atoms with van der Waals surface area (Å²) in [6.07, 6.45) is 5.44. The van der Waals surface area contributed by atoms with E-state index < -0.39 is 0 Å². The minimum absolute atomic E-state index is 0.527. The lowest BCUT2D eigenvalue weighted by Crippen LogP contribution is -2.32. The van der Waals surface area contributed by atoms with Gasteiger partial charge in [-0.05, 0) is 42.4 Å². The molecule has 0 bridgehead atoms. The Labute approximate surface area is 75.7 Å². The van der Waals surface area contributed by atoms with Crippen LogP contribution in [-0.2, 0) is 0 Å². The predicted octanol–water partition coefficient (Wildman–Crippen LogP) is 2.55. The second-order valence-electron chi connectivity index (χ2n) is 6.03. The molecule has 0 heterocycles. The molecule has 3 unspecified atom stereocenters. The lowest BCUT2D eigenvalue weighted by molar-refractivity contribution is 0.115. The largest absolute Gasteiger partial charge is 0.327 e. The fraction of sp³-hybridized carbons (Fsp3) is 1.00. The average molecular weight is 167 g/mol. The summed E-state index contributed by atoms with van der Waals surface area (Å²) in [7, 11) is 0. The third kappa shape index (κ3) is 1.28. The summed E-state index contributed by atoms with van der Waals surface area (Å²) in [5, 5.41) is 0. The van der Waals surface area contributed by atoms with Crippen LogP contribution in [0.2, 0.25) is 0 Å². The van der Waals surface area contributed by atoms with Crippen molar-refractivity contribution in [3.63, 3.8) is 0 Å². The van der Waals surface area contributed by atoms with Crippen LogP contribution in [0.3, 0.4) is 0 Å². The smallest absolute Gasteiger partial charge is 0.0102 e. The van der Waals surface area contributed by atoms with Crippen molar-refractivity contribution in [1.82, 2.24) is 0 Å². The molecule has 2 N–H and O–H groups in total. The number of hydrogen-bond acceptors (Lipinski definition) is 1. The van der Waals surface area contributed by atoms with Crippen LogP contribution in [0.15, 0.2) is 0 Å². The highest BCUT2D eigenvalue weighted by molar-refractivity contribution is 5.10. The van der Waals surface area contributed by atoms with Crippen LogP contribution in [0, 0.1) is 16.7 Å². The molecule has 12 heavy (non-hydrogen) atoms. The van der Waals surface area contributed by atoms with Gasteiger partial charge in [0.2, 0.25) is 0 Å². The molecule has 0 aromatic rings. The molecule has 2 aliphatic rings. The highest BCUT2D eigenvalue weighted by Gasteiger charge is 2.56. The molecular weight excluding hydrogens is 146 g/mol. The molecule has 0 amide bonds. The minimum Gasteiger partial charge on any atom is -0.327 e. The van der Waals surface area contributed by atoms with E-state index in [1.165, 1.54) is 25.7 Å². The first-order valence-electron chi connectivity index (χ1n) is 5.19. The van der Waals surface area contributed by atoms with Crippen LogP contribution >= 0.6 is 0 Å². The van der Waals surface area contributed by atoms with Crippen molar-refractivity contribution in [1.29, 1.82) is 0 Å². The monoisotopic (exact) mass is 167 g/mol. The molecule has 0 radical (unpaired) electrons. The Balaban J connectivity index is 2.11. The van der Waals surface area contributed by atoms with Crippen LogP contribution < -0.4 is 5.73 Å². The summed E-state index contributed by atoms with van der Waals surface area (Å²) >= 11 is 0. The standard InChI is InChI=1S/C11H21N/c1-8-4-10(2,3)7-11(5-8)6-9(11)12/h8-9H,4-7,12H2,1-3H3. The van der Waals surface area contributed by atoms with Crippen LogP contribution in [0.1, 0.15) is 46.5 Å². The Morgan fingerprint density at radius 3 is 2.17 bits per heavy atom. The maximum absolute atomic E-state index is 6.02. The second kappa shape index (κ2) is 2.25. The SMILES string of the molecule is CC1CC(C)(C)CC2(C1)CC2N. The Morgan fingerprint density at radius 2 is 1.75 bits per heavy atom. The van der Waals surface area contributed by atoms with Crippen LogP contribution in [0.5, 0.6) is 0 Å². The zero-order valence-electron chi connectivity index (χ0n) is 8.56. The molecule has 0 aromatic heterocycles. The van der Waals surface area contributed by atoms with Gasteiger partial charge in [0.1, 0.15) is 0 Å². The molecule has 1 heteroatoms. The van der Waals surface area contributed by atoms with Crippen LogP contribution in [0.25, 0.3) is 0 Å². The molecule has 2 saturated carbocycles. The van der Waals surface area contributed by atoms with Gasteiger partial charge in [0.05, 0.1) is 0 Å². The van der Waals surface area contributed by atoms with Crippen molar-refractivity contribution >= 4 is 0 Å². The normalized spacial score (nSPS) is 51.0. The molecule has 2 fully saturated rings.